The fourth-order valence-corrected chi connectivity index (χ4v) is 2.12. The Hall–Kier alpha value is -1.49. The molecule has 0 radical (unpaired) electrons. The van der Waals surface area contributed by atoms with Crippen molar-refractivity contribution < 1.29 is 4.39 Å². The zero-order valence-electron chi connectivity index (χ0n) is 11.1. The molecule has 0 amide bonds. The Morgan fingerprint density at radius 2 is 1.89 bits per heavy atom. The number of benzene rings is 1. The van der Waals surface area contributed by atoms with Crippen molar-refractivity contribution in [1.29, 1.82) is 0 Å². The van der Waals surface area contributed by atoms with E-state index >= 15 is 0 Å². The average Bonchev–Trinajstić information content (AvgIpc) is 2.37. The maximum atomic E-state index is 14.0. The van der Waals surface area contributed by atoms with Crippen molar-refractivity contribution in [3.05, 3.63) is 39.9 Å². The molecule has 100 valence electrons. The first-order valence-corrected chi connectivity index (χ1v) is 6.86. The molecule has 0 fully saturated rings. The average molecular weight is 324 g/mol. The highest BCUT2D eigenvalue weighted by Crippen LogP contribution is 2.30. The van der Waals surface area contributed by atoms with Crippen LogP contribution in [-0.2, 0) is 0 Å². The van der Waals surface area contributed by atoms with E-state index in [0.29, 0.717) is 23.6 Å². The SMILES string of the molecule is CCNc1nc(C)c(C)nc1-c1cc(Br)ccc1F. The number of aromatic nitrogens is 2. The van der Waals surface area contributed by atoms with Gasteiger partial charge in [-0.05, 0) is 39.0 Å². The zero-order valence-corrected chi connectivity index (χ0v) is 12.7. The van der Waals surface area contributed by atoms with E-state index in [2.05, 4.69) is 31.2 Å². The van der Waals surface area contributed by atoms with Crippen LogP contribution in [0.2, 0.25) is 0 Å². The third kappa shape index (κ3) is 2.92. The Bertz CT molecular complexity index is 614. The minimum absolute atomic E-state index is 0.306. The summed E-state index contributed by atoms with van der Waals surface area (Å²) in [7, 11) is 0. The summed E-state index contributed by atoms with van der Waals surface area (Å²) >= 11 is 3.35. The second-order valence-corrected chi connectivity index (χ2v) is 5.16. The molecule has 0 aliphatic heterocycles. The molecule has 2 aromatic rings. The minimum atomic E-state index is -0.306. The Morgan fingerprint density at radius 3 is 2.58 bits per heavy atom. The molecule has 19 heavy (non-hydrogen) atoms. The summed E-state index contributed by atoms with van der Waals surface area (Å²) in [5, 5.41) is 3.13. The third-order valence-corrected chi connectivity index (χ3v) is 3.33. The lowest BCUT2D eigenvalue weighted by Gasteiger charge is -2.12. The summed E-state index contributed by atoms with van der Waals surface area (Å²) in [5.74, 6) is 0.308. The van der Waals surface area contributed by atoms with Gasteiger partial charge in [0.25, 0.3) is 0 Å². The number of aryl methyl sites for hydroxylation is 2. The second-order valence-electron chi connectivity index (χ2n) is 4.25. The highest BCUT2D eigenvalue weighted by Gasteiger charge is 2.14. The van der Waals surface area contributed by atoms with E-state index in [1.807, 2.05) is 20.8 Å². The van der Waals surface area contributed by atoms with Crippen LogP contribution in [-0.4, -0.2) is 16.5 Å². The van der Waals surface area contributed by atoms with E-state index in [4.69, 9.17) is 0 Å². The predicted octanol–water partition coefficient (Wildman–Crippen LogP) is 4.09. The van der Waals surface area contributed by atoms with Crippen LogP contribution in [0.5, 0.6) is 0 Å². The normalized spacial score (nSPS) is 10.6. The summed E-state index contributed by atoms with van der Waals surface area (Å²) in [4.78, 5) is 8.93. The van der Waals surface area contributed by atoms with Gasteiger partial charge in [0.15, 0.2) is 5.82 Å². The Balaban J connectivity index is 2.66. The molecule has 1 N–H and O–H groups in total. The van der Waals surface area contributed by atoms with Crippen LogP contribution in [0, 0.1) is 19.7 Å². The van der Waals surface area contributed by atoms with Crippen LogP contribution in [0.15, 0.2) is 22.7 Å². The van der Waals surface area contributed by atoms with Crippen molar-refractivity contribution in [3.8, 4) is 11.3 Å². The number of hydrogen-bond acceptors (Lipinski definition) is 3. The van der Waals surface area contributed by atoms with Crippen LogP contribution in [0.3, 0.4) is 0 Å². The van der Waals surface area contributed by atoms with Gasteiger partial charge in [-0.1, -0.05) is 15.9 Å². The van der Waals surface area contributed by atoms with Crippen LogP contribution in [0.1, 0.15) is 18.3 Å². The molecule has 1 heterocycles. The quantitative estimate of drug-likeness (QED) is 0.924. The van der Waals surface area contributed by atoms with E-state index < -0.39 is 0 Å². The van der Waals surface area contributed by atoms with Crippen molar-refractivity contribution in [2.75, 3.05) is 11.9 Å². The van der Waals surface area contributed by atoms with Gasteiger partial charge in [-0.15, -0.1) is 0 Å². The lowest BCUT2D eigenvalue weighted by molar-refractivity contribution is 0.630. The molecule has 0 spiro atoms. The molecule has 3 nitrogen and oxygen atoms in total. The maximum Gasteiger partial charge on any atom is 0.153 e. The van der Waals surface area contributed by atoms with E-state index in [-0.39, 0.29) is 5.82 Å². The van der Waals surface area contributed by atoms with Crippen molar-refractivity contribution in [2.24, 2.45) is 0 Å². The van der Waals surface area contributed by atoms with Crippen molar-refractivity contribution >= 4 is 21.7 Å². The summed E-state index contributed by atoms with van der Waals surface area (Å²) < 4.78 is 14.8. The first-order valence-electron chi connectivity index (χ1n) is 6.07. The zero-order chi connectivity index (χ0) is 14.0. The lowest BCUT2D eigenvalue weighted by Crippen LogP contribution is -2.06. The van der Waals surface area contributed by atoms with Gasteiger partial charge in [-0.3, -0.25) is 0 Å². The van der Waals surface area contributed by atoms with Crippen molar-refractivity contribution in [1.82, 2.24) is 9.97 Å². The third-order valence-electron chi connectivity index (χ3n) is 2.83. The van der Waals surface area contributed by atoms with E-state index in [1.165, 1.54) is 6.07 Å². The number of anilines is 1. The van der Waals surface area contributed by atoms with Gasteiger partial charge in [0.05, 0.1) is 11.4 Å². The first kappa shape index (κ1) is 13.9. The smallest absolute Gasteiger partial charge is 0.153 e. The molecule has 0 saturated heterocycles. The molecule has 1 aromatic carbocycles. The predicted molar refractivity (Wildman–Crippen MR) is 78.8 cm³/mol. The summed E-state index contributed by atoms with van der Waals surface area (Å²) in [5.41, 5.74) is 2.64. The number of nitrogens with one attached hydrogen (secondary N) is 1. The fourth-order valence-electron chi connectivity index (χ4n) is 1.76. The monoisotopic (exact) mass is 323 g/mol. The number of hydrogen-bond donors (Lipinski definition) is 1. The van der Waals surface area contributed by atoms with Crippen LogP contribution in [0.25, 0.3) is 11.3 Å². The molecule has 5 heteroatoms. The summed E-state index contributed by atoms with van der Waals surface area (Å²) in [6, 6.07) is 4.81. The molecule has 0 saturated carbocycles. The molecular formula is C14H15BrFN3. The molecule has 0 aliphatic carbocycles. The topological polar surface area (TPSA) is 37.8 Å². The maximum absolute atomic E-state index is 14.0. The van der Waals surface area contributed by atoms with Crippen molar-refractivity contribution in [2.45, 2.75) is 20.8 Å². The Morgan fingerprint density at radius 1 is 1.21 bits per heavy atom. The molecule has 2 rings (SSSR count). The molecular weight excluding hydrogens is 309 g/mol. The molecule has 0 atom stereocenters. The highest BCUT2D eigenvalue weighted by molar-refractivity contribution is 9.10. The number of halogens is 2. The lowest BCUT2D eigenvalue weighted by atomic mass is 10.1. The van der Waals surface area contributed by atoms with Gasteiger partial charge >= 0.3 is 0 Å². The Kier molecular flexibility index (Phi) is 4.14. The molecule has 0 bridgehead atoms. The highest BCUT2D eigenvalue weighted by atomic mass is 79.9. The number of nitrogens with zero attached hydrogens (tertiary/aromatic N) is 2. The van der Waals surface area contributed by atoms with Gasteiger partial charge in [-0.25, -0.2) is 14.4 Å². The molecule has 0 aliphatic rings. The van der Waals surface area contributed by atoms with Gasteiger partial charge < -0.3 is 5.32 Å². The standard InChI is InChI=1S/C14H15BrFN3/c1-4-17-14-13(18-8(2)9(3)19-14)11-7-10(15)5-6-12(11)16/h5-7H,4H2,1-3H3,(H,17,19). The van der Waals surface area contributed by atoms with Crippen LogP contribution in [0.4, 0.5) is 10.2 Å². The molecule has 1 aromatic heterocycles. The van der Waals surface area contributed by atoms with E-state index in [0.717, 1.165) is 15.9 Å². The molecule has 0 unspecified atom stereocenters. The van der Waals surface area contributed by atoms with Crippen LogP contribution < -0.4 is 5.32 Å². The summed E-state index contributed by atoms with van der Waals surface area (Å²) in [6.07, 6.45) is 0. The van der Waals surface area contributed by atoms with Gasteiger partial charge in [-0.2, -0.15) is 0 Å². The largest absolute Gasteiger partial charge is 0.369 e. The van der Waals surface area contributed by atoms with Crippen molar-refractivity contribution in [3.63, 3.8) is 0 Å². The van der Waals surface area contributed by atoms with E-state index in [1.54, 1.807) is 12.1 Å². The van der Waals surface area contributed by atoms with Crippen LogP contribution >= 0.6 is 15.9 Å². The first-order chi connectivity index (χ1) is 9.02. The minimum Gasteiger partial charge on any atom is -0.369 e. The second kappa shape index (κ2) is 5.65. The van der Waals surface area contributed by atoms with Gasteiger partial charge in [0.2, 0.25) is 0 Å². The van der Waals surface area contributed by atoms with E-state index in [9.17, 15) is 4.39 Å². The Labute approximate surface area is 120 Å². The number of rotatable bonds is 3. The van der Waals surface area contributed by atoms with Gasteiger partial charge in [0.1, 0.15) is 11.5 Å². The summed E-state index contributed by atoms with van der Waals surface area (Å²) in [6.45, 7) is 6.44. The van der Waals surface area contributed by atoms with Gasteiger partial charge in [0, 0.05) is 16.6 Å². The fraction of sp³-hybridized carbons (Fsp3) is 0.286.